The van der Waals surface area contributed by atoms with E-state index in [9.17, 15) is 4.21 Å². The van der Waals surface area contributed by atoms with Crippen molar-refractivity contribution in [3.8, 4) is 0 Å². The lowest BCUT2D eigenvalue weighted by Crippen LogP contribution is -2.36. The zero-order chi connectivity index (χ0) is 12.3. The van der Waals surface area contributed by atoms with E-state index in [2.05, 4.69) is 43.4 Å². The van der Waals surface area contributed by atoms with Crippen LogP contribution in [0.1, 0.15) is 31.9 Å². The van der Waals surface area contributed by atoms with Crippen LogP contribution in [0.5, 0.6) is 0 Å². The zero-order valence-corrected chi connectivity index (χ0v) is 11.4. The Morgan fingerprint density at radius 3 is 2.65 bits per heavy atom. The van der Waals surface area contributed by atoms with Gasteiger partial charge in [0.1, 0.15) is 0 Å². The first kappa shape index (κ1) is 12.8. The largest absolute Gasteiger partial charge is 0.309 e. The molecule has 2 rings (SSSR count). The Bertz CT molecular complexity index is 377. The lowest BCUT2D eigenvalue weighted by atomic mass is 9.96. The minimum Gasteiger partial charge on any atom is -0.309 e. The summed E-state index contributed by atoms with van der Waals surface area (Å²) in [6, 6.07) is 10.6. The Morgan fingerprint density at radius 2 is 2.00 bits per heavy atom. The summed E-state index contributed by atoms with van der Waals surface area (Å²) in [5.74, 6) is 1.27. The van der Waals surface area contributed by atoms with Gasteiger partial charge in [-0.2, -0.15) is 0 Å². The second kappa shape index (κ2) is 5.78. The topological polar surface area (TPSA) is 29.1 Å². The molecule has 3 unspecified atom stereocenters. The maximum absolute atomic E-state index is 12.3. The fourth-order valence-electron chi connectivity index (χ4n) is 2.53. The monoisotopic (exact) mass is 251 g/mol. The number of rotatable bonds is 2. The molecule has 3 heteroatoms. The van der Waals surface area contributed by atoms with Crippen molar-refractivity contribution in [3.63, 3.8) is 0 Å². The Morgan fingerprint density at radius 1 is 1.29 bits per heavy atom. The quantitative estimate of drug-likeness (QED) is 0.875. The van der Waals surface area contributed by atoms with Gasteiger partial charge in [-0.15, -0.1) is 0 Å². The summed E-state index contributed by atoms with van der Waals surface area (Å²) in [5.41, 5.74) is 1.27. The molecule has 0 aromatic heterocycles. The molecule has 1 aromatic rings. The molecule has 2 nitrogen and oxygen atoms in total. The maximum Gasteiger partial charge on any atom is 0.0565 e. The first-order valence-electron chi connectivity index (χ1n) is 6.35. The van der Waals surface area contributed by atoms with E-state index in [4.69, 9.17) is 0 Å². The van der Waals surface area contributed by atoms with E-state index >= 15 is 0 Å². The zero-order valence-electron chi connectivity index (χ0n) is 10.6. The summed E-state index contributed by atoms with van der Waals surface area (Å²) in [6.07, 6.45) is 1.01. The number of nitrogens with one attached hydrogen (secondary N) is 1. The molecular weight excluding hydrogens is 230 g/mol. The van der Waals surface area contributed by atoms with Crippen molar-refractivity contribution >= 4 is 10.8 Å². The molecule has 0 bridgehead atoms. The van der Waals surface area contributed by atoms with E-state index in [-0.39, 0.29) is 11.3 Å². The second-order valence-corrected chi connectivity index (χ2v) is 6.70. The predicted octanol–water partition coefficient (Wildman–Crippen LogP) is 2.49. The smallest absolute Gasteiger partial charge is 0.0565 e. The third-order valence-corrected chi connectivity index (χ3v) is 5.45. The molecule has 94 valence electrons. The minimum absolute atomic E-state index is 0.222. The summed E-state index contributed by atoms with van der Waals surface area (Å²) >= 11 is 0. The Hall–Kier alpha value is -0.670. The van der Waals surface area contributed by atoms with Crippen LogP contribution in [-0.2, 0) is 10.8 Å². The van der Waals surface area contributed by atoms with Gasteiger partial charge in [-0.3, -0.25) is 4.21 Å². The van der Waals surface area contributed by atoms with Gasteiger partial charge in [-0.25, -0.2) is 0 Å². The van der Waals surface area contributed by atoms with Crippen molar-refractivity contribution in [2.75, 3.05) is 12.3 Å². The number of benzene rings is 1. The molecule has 0 spiro atoms. The third kappa shape index (κ3) is 2.96. The summed E-state index contributed by atoms with van der Waals surface area (Å²) in [5, 5.41) is 3.79. The Labute approximate surface area is 106 Å². The highest BCUT2D eigenvalue weighted by atomic mass is 32.2. The average Bonchev–Trinajstić information content (AvgIpc) is 2.52. The van der Waals surface area contributed by atoms with Gasteiger partial charge in [-0.05, 0) is 24.4 Å². The SMILES string of the molecule is CC(C)C1C(c2ccccc2)NCCCS1=O. The van der Waals surface area contributed by atoms with Crippen molar-refractivity contribution in [1.82, 2.24) is 5.32 Å². The Balaban J connectivity index is 2.31. The van der Waals surface area contributed by atoms with Crippen LogP contribution in [0.4, 0.5) is 0 Å². The van der Waals surface area contributed by atoms with Crippen LogP contribution in [0, 0.1) is 5.92 Å². The summed E-state index contributed by atoms with van der Waals surface area (Å²) in [7, 11) is -0.719. The van der Waals surface area contributed by atoms with Crippen molar-refractivity contribution in [1.29, 1.82) is 0 Å². The molecule has 17 heavy (non-hydrogen) atoms. The van der Waals surface area contributed by atoms with Gasteiger partial charge in [0.25, 0.3) is 0 Å². The molecule has 1 heterocycles. The summed E-state index contributed by atoms with van der Waals surface area (Å²) < 4.78 is 12.3. The maximum atomic E-state index is 12.3. The van der Waals surface area contributed by atoms with Crippen LogP contribution >= 0.6 is 0 Å². The highest BCUT2D eigenvalue weighted by Crippen LogP contribution is 2.28. The van der Waals surface area contributed by atoms with Gasteiger partial charge in [-0.1, -0.05) is 44.2 Å². The van der Waals surface area contributed by atoms with Crippen LogP contribution in [0.25, 0.3) is 0 Å². The van der Waals surface area contributed by atoms with E-state index in [1.165, 1.54) is 5.56 Å². The molecule has 1 N–H and O–H groups in total. The van der Waals surface area contributed by atoms with Gasteiger partial charge in [0.2, 0.25) is 0 Å². The van der Waals surface area contributed by atoms with Crippen molar-refractivity contribution in [3.05, 3.63) is 35.9 Å². The van der Waals surface area contributed by atoms with Crippen LogP contribution in [-0.4, -0.2) is 21.8 Å². The molecule has 3 atom stereocenters. The van der Waals surface area contributed by atoms with Crippen LogP contribution < -0.4 is 5.32 Å². The fourth-order valence-corrected chi connectivity index (χ4v) is 4.40. The van der Waals surface area contributed by atoms with Crippen LogP contribution in [0.15, 0.2) is 30.3 Å². The second-order valence-electron chi connectivity index (χ2n) is 4.99. The molecule has 1 fully saturated rings. The molecule has 0 saturated carbocycles. The number of hydrogen-bond acceptors (Lipinski definition) is 2. The van der Waals surface area contributed by atoms with Crippen molar-refractivity contribution < 1.29 is 4.21 Å². The normalized spacial score (nSPS) is 30.2. The minimum atomic E-state index is -0.719. The van der Waals surface area contributed by atoms with Gasteiger partial charge < -0.3 is 5.32 Å². The molecule has 1 aromatic carbocycles. The van der Waals surface area contributed by atoms with E-state index in [1.807, 2.05) is 6.07 Å². The van der Waals surface area contributed by atoms with Crippen LogP contribution in [0.2, 0.25) is 0 Å². The molecule has 0 radical (unpaired) electrons. The van der Waals surface area contributed by atoms with E-state index in [1.54, 1.807) is 0 Å². The van der Waals surface area contributed by atoms with Crippen molar-refractivity contribution in [2.24, 2.45) is 5.92 Å². The fraction of sp³-hybridized carbons (Fsp3) is 0.571. The first-order valence-corrected chi connectivity index (χ1v) is 7.74. The third-order valence-electron chi connectivity index (χ3n) is 3.33. The van der Waals surface area contributed by atoms with Gasteiger partial charge in [0.05, 0.1) is 5.25 Å². The van der Waals surface area contributed by atoms with Crippen molar-refractivity contribution in [2.45, 2.75) is 31.6 Å². The van der Waals surface area contributed by atoms with Gasteiger partial charge >= 0.3 is 0 Å². The van der Waals surface area contributed by atoms with E-state index in [0.29, 0.717) is 5.92 Å². The molecule has 1 saturated heterocycles. The predicted molar refractivity (Wildman–Crippen MR) is 73.4 cm³/mol. The van der Waals surface area contributed by atoms with E-state index < -0.39 is 10.8 Å². The van der Waals surface area contributed by atoms with Gasteiger partial charge in [0, 0.05) is 22.6 Å². The summed E-state index contributed by atoms with van der Waals surface area (Å²) in [4.78, 5) is 0. The molecule has 0 amide bonds. The lowest BCUT2D eigenvalue weighted by Gasteiger charge is -2.28. The van der Waals surface area contributed by atoms with E-state index in [0.717, 1.165) is 18.7 Å². The van der Waals surface area contributed by atoms with Crippen LogP contribution in [0.3, 0.4) is 0 Å². The average molecular weight is 251 g/mol. The molecular formula is C14H21NOS. The highest BCUT2D eigenvalue weighted by Gasteiger charge is 2.32. The number of hydrogen-bond donors (Lipinski definition) is 1. The molecule has 0 aliphatic carbocycles. The highest BCUT2D eigenvalue weighted by molar-refractivity contribution is 7.85. The van der Waals surface area contributed by atoms with Gasteiger partial charge in [0.15, 0.2) is 0 Å². The standard InChI is InChI=1S/C14H21NOS/c1-11(2)14-13(12-7-4-3-5-8-12)15-9-6-10-17(14)16/h3-5,7-8,11,13-15H,6,9-10H2,1-2H3. The first-order chi connectivity index (χ1) is 8.20. The summed E-state index contributed by atoms with van der Waals surface area (Å²) in [6.45, 7) is 5.31. The molecule has 1 aliphatic rings. The Kier molecular flexibility index (Phi) is 4.35. The molecule has 1 aliphatic heterocycles. The lowest BCUT2D eigenvalue weighted by molar-refractivity contribution is 0.446.